The van der Waals surface area contributed by atoms with Crippen LogP contribution in [0.25, 0.3) is 0 Å². The van der Waals surface area contributed by atoms with Crippen molar-refractivity contribution in [1.82, 2.24) is 9.13 Å². The fourth-order valence-corrected chi connectivity index (χ4v) is 1.76. The minimum atomic E-state index is -0.424. The van der Waals surface area contributed by atoms with Crippen molar-refractivity contribution < 1.29 is 0 Å². The quantitative estimate of drug-likeness (QED) is 0.592. The lowest BCUT2D eigenvalue weighted by atomic mass is 10.3. The van der Waals surface area contributed by atoms with Gasteiger partial charge in [0, 0.05) is 20.1 Å². The van der Waals surface area contributed by atoms with Gasteiger partial charge in [0.1, 0.15) is 11.5 Å². The van der Waals surface area contributed by atoms with Crippen molar-refractivity contribution in [3.63, 3.8) is 0 Å². The molecule has 6 nitrogen and oxygen atoms in total. The van der Waals surface area contributed by atoms with Crippen LogP contribution in [0.5, 0.6) is 0 Å². The first-order valence-corrected chi connectivity index (χ1v) is 6.37. The monoisotopic (exact) mass is 266 g/mol. The Morgan fingerprint density at radius 1 is 1.42 bits per heavy atom. The third kappa shape index (κ3) is 3.27. The van der Waals surface area contributed by atoms with E-state index in [4.69, 9.17) is 5.73 Å². The Hall–Kier alpha value is -1.98. The van der Waals surface area contributed by atoms with Gasteiger partial charge in [-0.2, -0.15) is 0 Å². The summed E-state index contributed by atoms with van der Waals surface area (Å²) < 4.78 is 2.42. The number of aromatic nitrogens is 2. The molecule has 0 fully saturated rings. The topological polar surface area (TPSA) is 82.0 Å². The third-order valence-corrected chi connectivity index (χ3v) is 2.84. The van der Waals surface area contributed by atoms with E-state index in [1.54, 1.807) is 6.92 Å². The molecule has 1 rings (SSSR count). The molecule has 0 saturated heterocycles. The maximum atomic E-state index is 12.0. The Labute approximate surface area is 112 Å². The lowest BCUT2D eigenvalue weighted by Crippen LogP contribution is -2.41. The van der Waals surface area contributed by atoms with E-state index in [0.29, 0.717) is 13.1 Å². The molecule has 0 amide bonds. The zero-order valence-corrected chi connectivity index (χ0v) is 11.8. The van der Waals surface area contributed by atoms with Gasteiger partial charge in [0.2, 0.25) is 0 Å². The molecule has 0 saturated carbocycles. The molecule has 0 aliphatic rings. The zero-order chi connectivity index (χ0) is 14.6. The zero-order valence-electron chi connectivity index (χ0n) is 11.8. The number of nitrogens with one attached hydrogen (secondary N) is 1. The van der Waals surface area contributed by atoms with E-state index in [0.717, 1.165) is 23.0 Å². The second-order valence-corrected chi connectivity index (χ2v) is 4.73. The molecule has 0 unspecified atom stereocenters. The Bertz CT molecular complexity index is 584. The van der Waals surface area contributed by atoms with Gasteiger partial charge in [0.25, 0.3) is 5.56 Å². The highest BCUT2D eigenvalue weighted by Gasteiger charge is 2.14. The van der Waals surface area contributed by atoms with Crippen molar-refractivity contribution in [1.29, 1.82) is 0 Å². The fraction of sp³-hybridized carbons (Fsp3) is 0.538. The van der Waals surface area contributed by atoms with Gasteiger partial charge in [-0.15, -0.1) is 0 Å². The van der Waals surface area contributed by atoms with E-state index in [1.807, 2.05) is 0 Å². The highest BCUT2D eigenvalue weighted by atomic mass is 16.2. The standard InChI is InChI=1S/C13H22N4O2/c1-5-6-7-15-10-11(14)17(8-9(2)3)13(19)16(4)12(10)18/h15H,2,5-8,14H2,1,3-4H3. The SMILES string of the molecule is C=C(C)Cn1c(N)c(NCCCC)c(=O)n(C)c1=O. The normalized spacial score (nSPS) is 10.5. The minimum Gasteiger partial charge on any atom is -0.383 e. The number of hydrogen-bond donors (Lipinski definition) is 2. The maximum Gasteiger partial charge on any atom is 0.332 e. The summed E-state index contributed by atoms with van der Waals surface area (Å²) in [4.78, 5) is 24.0. The summed E-state index contributed by atoms with van der Waals surface area (Å²) in [6.07, 6.45) is 1.95. The Kier molecular flexibility index (Phi) is 4.97. The van der Waals surface area contributed by atoms with Gasteiger partial charge in [-0.3, -0.25) is 13.9 Å². The maximum absolute atomic E-state index is 12.0. The van der Waals surface area contributed by atoms with Crippen LogP contribution in [0.1, 0.15) is 26.7 Å². The first kappa shape index (κ1) is 15.1. The molecule has 0 aromatic carbocycles. The summed E-state index contributed by atoms with van der Waals surface area (Å²) in [7, 11) is 1.45. The highest BCUT2D eigenvalue weighted by molar-refractivity contribution is 5.60. The van der Waals surface area contributed by atoms with Crippen molar-refractivity contribution in [3.8, 4) is 0 Å². The van der Waals surface area contributed by atoms with Crippen LogP contribution < -0.4 is 22.3 Å². The van der Waals surface area contributed by atoms with Gasteiger partial charge < -0.3 is 11.1 Å². The molecule has 1 aromatic rings. The number of nitrogens with zero attached hydrogens (tertiary/aromatic N) is 2. The second-order valence-electron chi connectivity index (χ2n) is 4.73. The summed E-state index contributed by atoms with van der Waals surface area (Å²) in [6, 6.07) is 0. The average molecular weight is 266 g/mol. The van der Waals surface area contributed by atoms with Crippen molar-refractivity contribution in [3.05, 3.63) is 33.0 Å². The highest BCUT2D eigenvalue weighted by Crippen LogP contribution is 2.12. The van der Waals surface area contributed by atoms with Gasteiger partial charge in [-0.05, 0) is 13.3 Å². The first-order valence-electron chi connectivity index (χ1n) is 6.37. The Morgan fingerprint density at radius 2 is 2.05 bits per heavy atom. The predicted octanol–water partition coefficient (Wildman–Crippen LogP) is 0.917. The second kappa shape index (κ2) is 6.26. The van der Waals surface area contributed by atoms with E-state index in [9.17, 15) is 9.59 Å². The van der Waals surface area contributed by atoms with Gasteiger partial charge in [-0.1, -0.05) is 25.5 Å². The molecular formula is C13H22N4O2. The summed E-state index contributed by atoms with van der Waals surface area (Å²) in [6.45, 7) is 8.59. The molecule has 106 valence electrons. The van der Waals surface area contributed by atoms with Crippen LogP contribution in [0.4, 0.5) is 11.5 Å². The fourth-order valence-electron chi connectivity index (χ4n) is 1.76. The molecule has 6 heteroatoms. The van der Waals surface area contributed by atoms with E-state index in [1.165, 1.54) is 11.6 Å². The van der Waals surface area contributed by atoms with E-state index in [-0.39, 0.29) is 11.5 Å². The van der Waals surface area contributed by atoms with Crippen molar-refractivity contribution in [2.24, 2.45) is 7.05 Å². The first-order chi connectivity index (χ1) is 8.90. The Balaban J connectivity index is 3.31. The van der Waals surface area contributed by atoms with Gasteiger partial charge in [0.05, 0.1) is 0 Å². The largest absolute Gasteiger partial charge is 0.383 e. The summed E-state index contributed by atoms with van der Waals surface area (Å²) in [5, 5.41) is 3.02. The van der Waals surface area contributed by atoms with Crippen molar-refractivity contribution in [2.75, 3.05) is 17.6 Å². The van der Waals surface area contributed by atoms with Gasteiger partial charge in [0.15, 0.2) is 0 Å². The number of anilines is 2. The van der Waals surface area contributed by atoms with Crippen molar-refractivity contribution >= 4 is 11.5 Å². The summed E-state index contributed by atoms with van der Waals surface area (Å²) in [5.41, 5.74) is 6.20. The lowest BCUT2D eigenvalue weighted by Gasteiger charge is -2.15. The molecular weight excluding hydrogens is 244 g/mol. The van der Waals surface area contributed by atoms with Crippen molar-refractivity contribution in [2.45, 2.75) is 33.2 Å². The molecule has 0 spiro atoms. The molecule has 0 radical (unpaired) electrons. The number of nitrogens with two attached hydrogens (primary N) is 1. The third-order valence-electron chi connectivity index (χ3n) is 2.84. The van der Waals surface area contributed by atoms with Crippen LogP contribution in [0.2, 0.25) is 0 Å². The van der Waals surface area contributed by atoms with E-state index in [2.05, 4.69) is 18.8 Å². The van der Waals surface area contributed by atoms with Crippen LogP contribution in [-0.2, 0) is 13.6 Å². The molecule has 0 aliphatic carbocycles. The average Bonchev–Trinajstić information content (AvgIpc) is 2.36. The van der Waals surface area contributed by atoms with Crippen LogP contribution in [0, 0.1) is 0 Å². The molecule has 19 heavy (non-hydrogen) atoms. The summed E-state index contributed by atoms with van der Waals surface area (Å²) >= 11 is 0. The molecule has 3 N–H and O–H groups in total. The summed E-state index contributed by atoms with van der Waals surface area (Å²) in [5.74, 6) is 0.173. The molecule has 0 atom stereocenters. The van der Waals surface area contributed by atoms with E-state index < -0.39 is 11.2 Å². The van der Waals surface area contributed by atoms with Crippen LogP contribution in [-0.4, -0.2) is 15.7 Å². The molecule has 0 bridgehead atoms. The number of nitrogen functional groups attached to an aromatic ring is 1. The lowest BCUT2D eigenvalue weighted by molar-refractivity contribution is 0.651. The number of hydrogen-bond acceptors (Lipinski definition) is 4. The number of rotatable bonds is 6. The molecule has 1 heterocycles. The minimum absolute atomic E-state index is 0.173. The number of allylic oxidation sites excluding steroid dienone is 1. The van der Waals surface area contributed by atoms with Gasteiger partial charge in [-0.25, -0.2) is 4.79 Å². The Morgan fingerprint density at radius 3 is 2.58 bits per heavy atom. The van der Waals surface area contributed by atoms with E-state index >= 15 is 0 Å². The number of unbranched alkanes of at least 4 members (excludes halogenated alkanes) is 1. The van der Waals surface area contributed by atoms with Crippen LogP contribution in [0.15, 0.2) is 21.7 Å². The smallest absolute Gasteiger partial charge is 0.332 e. The molecule has 1 aromatic heterocycles. The predicted molar refractivity (Wildman–Crippen MR) is 78.6 cm³/mol. The molecule has 0 aliphatic heterocycles. The van der Waals surface area contributed by atoms with Crippen LogP contribution in [0.3, 0.4) is 0 Å². The van der Waals surface area contributed by atoms with Gasteiger partial charge >= 0.3 is 5.69 Å². The van der Waals surface area contributed by atoms with Crippen LogP contribution >= 0.6 is 0 Å².